The largest absolute Gasteiger partial charge is 0.479 e. The van der Waals surface area contributed by atoms with E-state index in [1.54, 1.807) is 16.7 Å². The molecule has 2 fully saturated rings. The number of aliphatic carboxylic acids is 1. The number of thioether (sulfide) groups is 1. The Morgan fingerprint density at radius 3 is 2.60 bits per heavy atom. The maximum atomic E-state index is 12.1. The molecule has 1 N–H and O–H groups in total. The van der Waals surface area contributed by atoms with Crippen molar-refractivity contribution in [2.24, 2.45) is 0 Å². The van der Waals surface area contributed by atoms with Crippen molar-refractivity contribution in [3.05, 3.63) is 35.9 Å². The molecule has 2 heterocycles. The lowest BCUT2D eigenvalue weighted by atomic mass is 9.77. The van der Waals surface area contributed by atoms with Crippen LogP contribution in [-0.4, -0.2) is 37.5 Å². The second kappa shape index (κ2) is 4.25. The van der Waals surface area contributed by atoms with Crippen molar-refractivity contribution in [3.63, 3.8) is 0 Å². The molecule has 2 atom stereocenters. The quantitative estimate of drug-likeness (QED) is 0.867. The van der Waals surface area contributed by atoms with Gasteiger partial charge in [-0.2, -0.15) is 0 Å². The SMILES string of the molecule is CC1(C)S[C@@H]2CC(=O)N2[C@@]1(Cc1ccccc1)C(=O)O. The molecule has 0 unspecified atom stereocenters. The summed E-state index contributed by atoms with van der Waals surface area (Å²) in [7, 11) is 0. The summed E-state index contributed by atoms with van der Waals surface area (Å²) in [6.07, 6.45) is 0.809. The highest BCUT2D eigenvalue weighted by Gasteiger charge is 2.68. The summed E-state index contributed by atoms with van der Waals surface area (Å²) in [6.45, 7) is 3.86. The van der Waals surface area contributed by atoms with Crippen molar-refractivity contribution in [3.8, 4) is 0 Å². The molecule has 1 amide bonds. The topological polar surface area (TPSA) is 57.6 Å². The van der Waals surface area contributed by atoms with Crippen LogP contribution in [0.25, 0.3) is 0 Å². The zero-order valence-corrected chi connectivity index (χ0v) is 12.3. The van der Waals surface area contributed by atoms with E-state index in [9.17, 15) is 14.7 Å². The predicted molar refractivity (Wildman–Crippen MR) is 77.4 cm³/mol. The van der Waals surface area contributed by atoms with Crippen LogP contribution in [-0.2, 0) is 16.0 Å². The van der Waals surface area contributed by atoms with Gasteiger partial charge < -0.3 is 10.0 Å². The van der Waals surface area contributed by atoms with Gasteiger partial charge >= 0.3 is 5.97 Å². The van der Waals surface area contributed by atoms with Gasteiger partial charge in [0.15, 0.2) is 5.54 Å². The number of hydrogen-bond donors (Lipinski definition) is 1. The van der Waals surface area contributed by atoms with E-state index in [-0.39, 0.29) is 11.3 Å². The molecule has 0 saturated carbocycles. The van der Waals surface area contributed by atoms with Gasteiger partial charge in [0.05, 0.1) is 11.8 Å². The molecule has 1 aromatic carbocycles. The van der Waals surface area contributed by atoms with Crippen LogP contribution < -0.4 is 0 Å². The molecule has 4 nitrogen and oxygen atoms in total. The number of rotatable bonds is 3. The summed E-state index contributed by atoms with van der Waals surface area (Å²) in [4.78, 5) is 25.6. The van der Waals surface area contributed by atoms with Crippen LogP contribution in [0.5, 0.6) is 0 Å². The Morgan fingerprint density at radius 2 is 2.05 bits per heavy atom. The molecule has 20 heavy (non-hydrogen) atoms. The van der Waals surface area contributed by atoms with Crippen LogP contribution in [0.15, 0.2) is 30.3 Å². The van der Waals surface area contributed by atoms with Crippen LogP contribution in [0.4, 0.5) is 0 Å². The fraction of sp³-hybridized carbons (Fsp3) is 0.467. The molecular formula is C15H17NO3S. The molecule has 5 heteroatoms. The molecule has 3 rings (SSSR count). The van der Waals surface area contributed by atoms with Gasteiger partial charge in [0.25, 0.3) is 0 Å². The van der Waals surface area contributed by atoms with Crippen LogP contribution in [0.2, 0.25) is 0 Å². The summed E-state index contributed by atoms with van der Waals surface area (Å²) in [5.74, 6) is -0.958. The number of hydrogen-bond acceptors (Lipinski definition) is 3. The third kappa shape index (κ3) is 1.62. The zero-order valence-electron chi connectivity index (χ0n) is 11.5. The van der Waals surface area contributed by atoms with Gasteiger partial charge in [0.1, 0.15) is 0 Å². The van der Waals surface area contributed by atoms with Gasteiger partial charge in [-0.25, -0.2) is 4.79 Å². The van der Waals surface area contributed by atoms with E-state index in [0.717, 1.165) is 5.56 Å². The molecule has 0 bridgehead atoms. The number of carboxylic acids is 1. The average Bonchev–Trinajstić information content (AvgIpc) is 2.55. The first-order valence-electron chi connectivity index (χ1n) is 6.66. The number of amides is 1. The minimum atomic E-state index is -1.15. The Hall–Kier alpha value is -1.49. The van der Waals surface area contributed by atoms with Crippen molar-refractivity contribution in [2.75, 3.05) is 0 Å². The molecule has 0 aliphatic carbocycles. The normalized spacial score (nSPS) is 30.8. The molecule has 2 aliphatic rings. The summed E-state index contributed by atoms with van der Waals surface area (Å²) < 4.78 is -0.508. The predicted octanol–water partition coefficient (Wildman–Crippen LogP) is 2.14. The zero-order chi connectivity index (χ0) is 14.5. The van der Waals surface area contributed by atoms with E-state index in [1.165, 1.54) is 0 Å². The van der Waals surface area contributed by atoms with Gasteiger partial charge in [-0.3, -0.25) is 4.79 Å². The minimum Gasteiger partial charge on any atom is -0.479 e. The van der Waals surface area contributed by atoms with Crippen molar-refractivity contribution < 1.29 is 14.7 Å². The Kier molecular flexibility index (Phi) is 2.87. The van der Waals surface area contributed by atoms with Gasteiger partial charge in [-0.1, -0.05) is 30.3 Å². The molecule has 0 spiro atoms. The molecule has 2 aliphatic heterocycles. The van der Waals surface area contributed by atoms with Crippen molar-refractivity contribution >= 4 is 23.6 Å². The Balaban J connectivity index is 2.07. The summed E-state index contributed by atoms with van der Waals surface area (Å²) in [5, 5.41) is 9.90. The summed E-state index contributed by atoms with van der Waals surface area (Å²) in [6, 6.07) is 9.54. The molecule has 0 radical (unpaired) electrons. The number of carbonyl (C=O) groups excluding carboxylic acids is 1. The molecule has 1 aromatic rings. The number of carbonyl (C=O) groups is 2. The highest BCUT2D eigenvalue weighted by Crippen LogP contribution is 2.57. The van der Waals surface area contributed by atoms with E-state index in [1.807, 2.05) is 44.2 Å². The van der Waals surface area contributed by atoms with Crippen LogP contribution in [0, 0.1) is 0 Å². The van der Waals surface area contributed by atoms with Crippen molar-refractivity contribution in [1.29, 1.82) is 0 Å². The van der Waals surface area contributed by atoms with Gasteiger partial charge in [-0.15, -0.1) is 11.8 Å². The smallest absolute Gasteiger partial charge is 0.331 e. The Labute approximate surface area is 122 Å². The van der Waals surface area contributed by atoms with E-state index >= 15 is 0 Å². The number of benzene rings is 1. The van der Waals surface area contributed by atoms with E-state index in [0.29, 0.717) is 12.8 Å². The number of β-lactam (4-membered cyclic amide) rings is 1. The maximum Gasteiger partial charge on any atom is 0.331 e. The number of nitrogens with zero attached hydrogens (tertiary/aromatic N) is 1. The Morgan fingerprint density at radius 1 is 1.40 bits per heavy atom. The van der Waals surface area contributed by atoms with Gasteiger partial charge in [0, 0.05) is 11.2 Å². The minimum absolute atomic E-state index is 0.0114. The highest BCUT2D eigenvalue weighted by molar-refractivity contribution is 8.01. The van der Waals surface area contributed by atoms with Crippen LogP contribution in [0.1, 0.15) is 25.8 Å². The van der Waals surface area contributed by atoms with E-state index < -0.39 is 16.3 Å². The first kappa shape index (κ1) is 13.5. The molecule has 2 saturated heterocycles. The fourth-order valence-electron chi connectivity index (χ4n) is 3.29. The van der Waals surface area contributed by atoms with Gasteiger partial charge in [-0.05, 0) is 19.4 Å². The maximum absolute atomic E-state index is 12.1. The lowest BCUT2D eigenvalue weighted by Crippen LogP contribution is -2.68. The summed E-state index contributed by atoms with van der Waals surface area (Å²) in [5.41, 5.74) is -0.206. The lowest BCUT2D eigenvalue weighted by molar-refractivity contribution is -0.168. The highest BCUT2D eigenvalue weighted by atomic mass is 32.2. The Bertz CT molecular complexity index is 572. The van der Waals surface area contributed by atoms with Gasteiger partial charge in [0.2, 0.25) is 5.91 Å². The van der Waals surface area contributed by atoms with E-state index in [4.69, 9.17) is 0 Å². The van der Waals surface area contributed by atoms with E-state index in [2.05, 4.69) is 0 Å². The van der Waals surface area contributed by atoms with Crippen LogP contribution in [0.3, 0.4) is 0 Å². The second-order valence-electron chi connectivity index (χ2n) is 5.88. The van der Waals surface area contributed by atoms with Crippen molar-refractivity contribution in [1.82, 2.24) is 4.90 Å². The molecule has 106 valence electrons. The first-order valence-corrected chi connectivity index (χ1v) is 7.54. The standard InChI is InChI=1S/C15H17NO3S/c1-14(2)15(13(18)19,9-10-6-4-3-5-7-10)16-11(17)8-12(16)20-14/h3-7,12H,8-9H2,1-2H3,(H,18,19)/t12-,15+/m1/s1. The summed E-state index contributed by atoms with van der Waals surface area (Å²) >= 11 is 1.60. The average molecular weight is 291 g/mol. The van der Waals surface area contributed by atoms with Crippen LogP contribution >= 0.6 is 11.8 Å². The lowest BCUT2D eigenvalue weighted by Gasteiger charge is -2.46. The second-order valence-corrected chi connectivity index (χ2v) is 7.68. The third-order valence-electron chi connectivity index (χ3n) is 4.40. The third-order valence-corrected chi connectivity index (χ3v) is 5.98. The number of fused-ring (bicyclic) bond motifs is 1. The monoisotopic (exact) mass is 291 g/mol. The number of carboxylic acid groups (broad SMARTS) is 1. The molecular weight excluding hydrogens is 274 g/mol. The van der Waals surface area contributed by atoms with Crippen molar-refractivity contribution in [2.45, 2.75) is 42.3 Å². The first-order chi connectivity index (χ1) is 9.38. The molecule has 0 aromatic heterocycles. The fourth-order valence-corrected chi connectivity index (χ4v) is 5.06.